The Morgan fingerprint density at radius 1 is 1.07 bits per heavy atom. The molecule has 2 N–H and O–H groups in total. The smallest absolute Gasteiger partial charge is 0.321 e. The summed E-state index contributed by atoms with van der Waals surface area (Å²) in [6, 6.07) is 7.68. The predicted molar refractivity (Wildman–Crippen MR) is 113 cm³/mol. The lowest BCUT2D eigenvalue weighted by Crippen LogP contribution is -2.55. The van der Waals surface area contributed by atoms with Crippen molar-refractivity contribution in [3.05, 3.63) is 29.8 Å². The molecule has 3 amide bonds. The third-order valence-corrected chi connectivity index (χ3v) is 6.08. The second-order valence-electron chi connectivity index (χ2n) is 8.13. The van der Waals surface area contributed by atoms with Gasteiger partial charge in [0, 0.05) is 38.8 Å². The van der Waals surface area contributed by atoms with E-state index in [2.05, 4.69) is 32.6 Å². The van der Waals surface area contributed by atoms with Crippen LogP contribution < -0.4 is 15.4 Å². The summed E-state index contributed by atoms with van der Waals surface area (Å²) in [7, 11) is 1.67. The van der Waals surface area contributed by atoms with Crippen LogP contribution in [0.3, 0.4) is 0 Å². The topological polar surface area (TPSA) is 73.9 Å². The first-order valence-electron chi connectivity index (χ1n) is 10.8. The summed E-state index contributed by atoms with van der Waals surface area (Å²) in [5, 5.41) is 5.47. The first kappa shape index (κ1) is 21.6. The maximum absolute atomic E-state index is 12.5. The third kappa shape index (κ3) is 6.44. The largest absolute Gasteiger partial charge is 0.497 e. The average molecular weight is 403 g/mol. The first-order valence-corrected chi connectivity index (χ1v) is 10.8. The van der Waals surface area contributed by atoms with Crippen LogP contribution in [0.25, 0.3) is 0 Å². The van der Waals surface area contributed by atoms with E-state index < -0.39 is 0 Å². The molecule has 1 saturated carbocycles. The highest BCUT2D eigenvalue weighted by Crippen LogP contribution is 2.17. The van der Waals surface area contributed by atoms with Crippen molar-refractivity contribution < 1.29 is 14.3 Å². The minimum absolute atomic E-state index is 0.202. The fraction of sp³-hybridized carbons (Fsp3) is 0.636. The van der Waals surface area contributed by atoms with Crippen LogP contribution in [0.5, 0.6) is 5.75 Å². The van der Waals surface area contributed by atoms with E-state index in [0.717, 1.165) is 64.2 Å². The number of piperazine rings is 1. The summed E-state index contributed by atoms with van der Waals surface area (Å²) < 4.78 is 5.21. The number of nitrogens with one attached hydrogen (secondary N) is 2. The molecule has 0 aromatic heterocycles. The lowest BCUT2D eigenvalue weighted by atomic mass is 9.96. The molecule has 2 aliphatic rings. The number of carbonyl (C=O) groups excluding carboxylic acids is 2. The number of hydrogen-bond acceptors (Lipinski definition) is 5. The molecule has 160 valence electrons. The van der Waals surface area contributed by atoms with E-state index in [9.17, 15) is 9.59 Å². The Hall–Kier alpha value is -2.12. The van der Waals surface area contributed by atoms with E-state index in [1.165, 1.54) is 12.0 Å². The SMILES string of the molecule is COc1ccc(CN2CCN([C@H](C)C(=O)NC(=O)NC3CCCCC3)CC2)cc1. The molecule has 0 radical (unpaired) electrons. The van der Waals surface area contributed by atoms with E-state index in [0.29, 0.717) is 0 Å². The number of hydrogen-bond donors (Lipinski definition) is 2. The zero-order valence-electron chi connectivity index (χ0n) is 17.7. The van der Waals surface area contributed by atoms with Crippen molar-refractivity contribution in [3.63, 3.8) is 0 Å². The maximum atomic E-state index is 12.5. The number of methoxy groups -OCH3 is 1. The average Bonchev–Trinajstić information content (AvgIpc) is 2.75. The Labute approximate surface area is 173 Å². The monoisotopic (exact) mass is 402 g/mol. The van der Waals surface area contributed by atoms with Crippen molar-refractivity contribution in [2.45, 2.75) is 57.7 Å². The molecule has 29 heavy (non-hydrogen) atoms. The molecular formula is C22H34N4O3. The fourth-order valence-electron chi connectivity index (χ4n) is 4.15. The quantitative estimate of drug-likeness (QED) is 0.764. The van der Waals surface area contributed by atoms with Gasteiger partial charge in [0.15, 0.2) is 0 Å². The second-order valence-corrected chi connectivity index (χ2v) is 8.13. The standard InChI is InChI=1S/C22H34N4O3/c1-17(21(27)24-22(28)23-19-6-4-3-5-7-19)26-14-12-25(13-15-26)16-18-8-10-20(29-2)11-9-18/h8-11,17,19H,3-7,12-16H2,1-2H3,(H2,23,24,27,28)/t17-/m1/s1. The summed E-state index contributed by atoms with van der Waals surface area (Å²) in [6.07, 6.45) is 5.55. The van der Waals surface area contributed by atoms with Gasteiger partial charge in [0.25, 0.3) is 0 Å². The van der Waals surface area contributed by atoms with Gasteiger partial charge in [-0.2, -0.15) is 0 Å². The molecule has 1 aliphatic heterocycles. The molecular weight excluding hydrogens is 368 g/mol. The molecule has 0 unspecified atom stereocenters. The molecule has 0 spiro atoms. The molecule has 1 heterocycles. The number of imide groups is 1. The zero-order chi connectivity index (χ0) is 20.6. The van der Waals surface area contributed by atoms with E-state index in [1.54, 1.807) is 7.11 Å². The Balaban J connectivity index is 1.39. The number of urea groups is 1. The number of benzene rings is 1. The molecule has 1 aromatic carbocycles. The van der Waals surface area contributed by atoms with Crippen molar-refractivity contribution in [1.82, 2.24) is 20.4 Å². The van der Waals surface area contributed by atoms with Gasteiger partial charge in [0.1, 0.15) is 5.75 Å². The summed E-state index contributed by atoms with van der Waals surface area (Å²) in [5.41, 5.74) is 1.25. The van der Waals surface area contributed by atoms with Gasteiger partial charge in [-0.25, -0.2) is 4.79 Å². The Morgan fingerprint density at radius 3 is 2.34 bits per heavy atom. The van der Waals surface area contributed by atoms with E-state index >= 15 is 0 Å². The van der Waals surface area contributed by atoms with Crippen LogP contribution in [-0.4, -0.2) is 67.1 Å². The van der Waals surface area contributed by atoms with Gasteiger partial charge in [-0.15, -0.1) is 0 Å². The highest BCUT2D eigenvalue weighted by Gasteiger charge is 2.27. The summed E-state index contributed by atoms with van der Waals surface area (Å²) in [4.78, 5) is 29.2. The number of carbonyl (C=O) groups is 2. The fourth-order valence-corrected chi connectivity index (χ4v) is 4.15. The Kier molecular flexibility index (Phi) is 7.89. The predicted octanol–water partition coefficient (Wildman–Crippen LogP) is 2.36. The molecule has 2 fully saturated rings. The van der Waals surface area contributed by atoms with Gasteiger partial charge in [0.2, 0.25) is 5.91 Å². The van der Waals surface area contributed by atoms with Crippen molar-refractivity contribution in [2.75, 3.05) is 33.3 Å². The molecule has 7 nitrogen and oxygen atoms in total. The maximum Gasteiger partial charge on any atom is 0.321 e. The number of nitrogens with zero attached hydrogens (tertiary/aromatic N) is 2. The van der Waals surface area contributed by atoms with Crippen LogP contribution in [0.4, 0.5) is 4.79 Å². The number of rotatable bonds is 6. The highest BCUT2D eigenvalue weighted by molar-refractivity contribution is 5.96. The molecule has 1 saturated heterocycles. The van der Waals surface area contributed by atoms with Crippen molar-refractivity contribution in [2.24, 2.45) is 0 Å². The van der Waals surface area contributed by atoms with E-state index in [4.69, 9.17) is 4.74 Å². The molecule has 0 bridgehead atoms. The molecule has 1 atom stereocenters. The van der Waals surface area contributed by atoms with Gasteiger partial charge >= 0.3 is 6.03 Å². The van der Waals surface area contributed by atoms with Crippen molar-refractivity contribution >= 4 is 11.9 Å². The minimum Gasteiger partial charge on any atom is -0.497 e. The Morgan fingerprint density at radius 2 is 1.72 bits per heavy atom. The second kappa shape index (κ2) is 10.6. The van der Waals surface area contributed by atoms with Gasteiger partial charge in [-0.1, -0.05) is 31.4 Å². The van der Waals surface area contributed by atoms with Gasteiger partial charge < -0.3 is 10.1 Å². The normalized spacial score (nSPS) is 20.1. The van der Waals surface area contributed by atoms with E-state index in [1.807, 2.05) is 19.1 Å². The number of amides is 3. The molecule has 1 aliphatic carbocycles. The Bertz CT molecular complexity index is 665. The van der Waals surface area contributed by atoms with Crippen molar-refractivity contribution in [1.29, 1.82) is 0 Å². The van der Waals surface area contributed by atoms with Crippen LogP contribution in [-0.2, 0) is 11.3 Å². The zero-order valence-corrected chi connectivity index (χ0v) is 17.7. The molecule has 3 rings (SSSR count). The highest BCUT2D eigenvalue weighted by atomic mass is 16.5. The van der Waals surface area contributed by atoms with Gasteiger partial charge in [-0.3, -0.25) is 19.9 Å². The van der Waals surface area contributed by atoms with Gasteiger partial charge in [0.05, 0.1) is 13.2 Å². The third-order valence-electron chi connectivity index (χ3n) is 6.08. The number of ether oxygens (including phenoxy) is 1. The van der Waals surface area contributed by atoms with Crippen LogP contribution in [0, 0.1) is 0 Å². The summed E-state index contributed by atoms with van der Waals surface area (Å²) in [6.45, 7) is 6.20. The van der Waals surface area contributed by atoms with Crippen LogP contribution in [0.2, 0.25) is 0 Å². The van der Waals surface area contributed by atoms with E-state index in [-0.39, 0.29) is 24.0 Å². The van der Waals surface area contributed by atoms with Crippen LogP contribution in [0.15, 0.2) is 24.3 Å². The van der Waals surface area contributed by atoms with Crippen molar-refractivity contribution in [3.8, 4) is 5.75 Å². The van der Waals surface area contributed by atoms with Crippen LogP contribution in [0.1, 0.15) is 44.6 Å². The lowest BCUT2D eigenvalue weighted by Gasteiger charge is -2.37. The molecule has 1 aromatic rings. The summed E-state index contributed by atoms with van der Waals surface area (Å²) >= 11 is 0. The lowest BCUT2D eigenvalue weighted by molar-refractivity contribution is -0.125. The minimum atomic E-state index is -0.355. The van der Waals surface area contributed by atoms with Crippen LogP contribution >= 0.6 is 0 Å². The molecule has 7 heteroatoms. The van der Waals surface area contributed by atoms with Gasteiger partial charge in [-0.05, 0) is 37.5 Å². The summed E-state index contributed by atoms with van der Waals surface area (Å²) in [5.74, 6) is 0.646. The first-order chi connectivity index (χ1) is 14.0.